The minimum absolute atomic E-state index is 0.324. The first-order valence-electron chi connectivity index (χ1n) is 7.61. The fraction of sp³-hybridized carbons (Fsp3) is 0.647. The predicted molar refractivity (Wildman–Crippen MR) is 84.6 cm³/mol. The summed E-state index contributed by atoms with van der Waals surface area (Å²) in [7, 11) is 2.01. The molecular formula is C17H29NO2. The molecule has 0 heterocycles. The molecule has 1 aromatic rings. The topological polar surface area (TPSA) is 30.5 Å². The Morgan fingerprint density at radius 3 is 2.10 bits per heavy atom. The molecule has 2 atom stereocenters. The Labute approximate surface area is 123 Å². The lowest BCUT2D eigenvalue weighted by Crippen LogP contribution is -2.26. The molecule has 0 aliphatic heterocycles. The number of rotatable bonds is 8. The average Bonchev–Trinajstić information content (AvgIpc) is 2.42. The van der Waals surface area contributed by atoms with Crippen LogP contribution in [-0.2, 0) is 0 Å². The van der Waals surface area contributed by atoms with Gasteiger partial charge >= 0.3 is 0 Å². The van der Waals surface area contributed by atoms with Crippen molar-refractivity contribution in [3.63, 3.8) is 0 Å². The van der Waals surface area contributed by atoms with E-state index in [0.717, 1.165) is 11.5 Å². The van der Waals surface area contributed by atoms with Crippen molar-refractivity contribution in [1.29, 1.82) is 0 Å². The Morgan fingerprint density at radius 2 is 1.60 bits per heavy atom. The highest BCUT2D eigenvalue weighted by atomic mass is 16.5. The molecule has 1 aromatic carbocycles. The van der Waals surface area contributed by atoms with Gasteiger partial charge in [-0.2, -0.15) is 0 Å². The summed E-state index contributed by atoms with van der Waals surface area (Å²) < 4.78 is 11.3. The van der Waals surface area contributed by atoms with E-state index in [4.69, 9.17) is 9.47 Å². The summed E-state index contributed by atoms with van der Waals surface area (Å²) in [5.74, 6) is 2.83. The van der Waals surface area contributed by atoms with Crippen molar-refractivity contribution in [2.45, 2.75) is 40.7 Å². The van der Waals surface area contributed by atoms with Crippen LogP contribution in [0.15, 0.2) is 18.2 Å². The molecule has 3 nitrogen and oxygen atoms in total. The van der Waals surface area contributed by atoms with Gasteiger partial charge in [0.1, 0.15) is 0 Å². The monoisotopic (exact) mass is 279 g/mol. The zero-order valence-corrected chi connectivity index (χ0v) is 13.7. The Balaban J connectivity index is 3.07. The molecule has 0 aliphatic carbocycles. The van der Waals surface area contributed by atoms with E-state index >= 15 is 0 Å². The van der Waals surface area contributed by atoms with Gasteiger partial charge in [-0.1, -0.05) is 26.8 Å². The highest BCUT2D eigenvalue weighted by molar-refractivity contribution is 5.44. The Kier molecular flexibility index (Phi) is 6.86. The summed E-state index contributed by atoms with van der Waals surface area (Å²) in [4.78, 5) is 0. The minimum atomic E-state index is 0.324. The van der Waals surface area contributed by atoms with E-state index in [1.54, 1.807) is 0 Å². The Morgan fingerprint density at radius 1 is 1.00 bits per heavy atom. The van der Waals surface area contributed by atoms with Gasteiger partial charge in [-0.15, -0.1) is 0 Å². The van der Waals surface area contributed by atoms with Gasteiger partial charge in [-0.05, 0) is 50.4 Å². The van der Waals surface area contributed by atoms with Crippen molar-refractivity contribution >= 4 is 0 Å². The third-order valence-corrected chi connectivity index (χ3v) is 3.81. The molecule has 114 valence electrons. The molecule has 0 amide bonds. The van der Waals surface area contributed by atoms with Crippen molar-refractivity contribution in [1.82, 2.24) is 5.32 Å². The van der Waals surface area contributed by atoms with Gasteiger partial charge in [-0.25, -0.2) is 0 Å². The second kappa shape index (κ2) is 8.15. The number of ether oxygens (including phenoxy) is 2. The van der Waals surface area contributed by atoms with E-state index in [-0.39, 0.29) is 0 Å². The first-order valence-corrected chi connectivity index (χ1v) is 7.61. The summed E-state index contributed by atoms with van der Waals surface area (Å²) >= 11 is 0. The van der Waals surface area contributed by atoms with Gasteiger partial charge in [0.15, 0.2) is 11.5 Å². The smallest absolute Gasteiger partial charge is 0.161 e. The van der Waals surface area contributed by atoms with Gasteiger partial charge < -0.3 is 14.8 Å². The summed E-state index contributed by atoms with van der Waals surface area (Å²) in [5, 5.41) is 3.42. The van der Waals surface area contributed by atoms with Crippen LogP contribution in [0.1, 0.15) is 46.2 Å². The van der Waals surface area contributed by atoms with Crippen LogP contribution >= 0.6 is 0 Å². The minimum Gasteiger partial charge on any atom is -0.490 e. The van der Waals surface area contributed by atoms with Crippen molar-refractivity contribution in [2.75, 3.05) is 20.3 Å². The first kappa shape index (κ1) is 16.8. The van der Waals surface area contributed by atoms with Gasteiger partial charge in [0.05, 0.1) is 13.2 Å². The van der Waals surface area contributed by atoms with Gasteiger partial charge in [0.2, 0.25) is 0 Å². The first-order chi connectivity index (χ1) is 9.54. The quantitative estimate of drug-likeness (QED) is 0.779. The van der Waals surface area contributed by atoms with E-state index in [0.29, 0.717) is 31.1 Å². The van der Waals surface area contributed by atoms with E-state index in [9.17, 15) is 0 Å². The van der Waals surface area contributed by atoms with Crippen LogP contribution in [0, 0.1) is 11.8 Å². The third kappa shape index (κ3) is 4.14. The molecule has 1 rings (SSSR count). The van der Waals surface area contributed by atoms with Crippen LogP contribution in [0.5, 0.6) is 11.5 Å². The van der Waals surface area contributed by atoms with Crippen molar-refractivity contribution in [3.05, 3.63) is 23.8 Å². The summed E-state index contributed by atoms with van der Waals surface area (Å²) in [5.41, 5.74) is 1.25. The summed E-state index contributed by atoms with van der Waals surface area (Å²) in [6.07, 6.45) is 0. The highest BCUT2D eigenvalue weighted by Gasteiger charge is 2.21. The molecule has 0 aliphatic rings. The fourth-order valence-corrected chi connectivity index (χ4v) is 2.38. The number of nitrogens with one attached hydrogen (secondary N) is 1. The lowest BCUT2D eigenvalue weighted by Gasteiger charge is -2.27. The predicted octanol–water partition coefficient (Wildman–Crippen LogP) is 4.04. The van der Waals surface area contributed by atoms with Gasteiger partial charge in [-0.3, -0.25) is 0 Å². The van der Waals surface area contributed by atoms with Crippen molar-refractivity contribution < 1.29 is 9.47 Å². The molecule has 1 N–H and O–H groups in total. The van der Waals surface area contributed by atoms with Crippen molar-refractivity contribution in [2.24, 2.45) is 11.8 Å². The number of hydrogen-bond acceptors (Lipinski definition) is 3. The molecule has 0 aromatic heterocycles. The molecular weight excluding hydrogens is 250 g/mol. The molecule has 0 saturated heterocycles. The lowest BCUT2D eigenvalue weighted by atomic mass is 9.86. The zero-order valence-electron chi connectivity index (χ0n) is 13.7. The molecule has 0 saturated carbocycles. The van der Waals surface area contributed by atoms with E-state index in [1.165, 1.54) is 5.56 Å². The Hall–Kier alpha value is -1.22. The van der Waals surface area contributed by atoms with Crippen molar-refractivity contribution in [3.8, 4) is 11.5 Å². The SMILES string of the molecule is CCOc1ccc(C(NC)C(C)C(C)C)cc1OCC. The fourth-order valence-electron chi connectivity index (χ4n) is 2.38. The molecule has 2 unspecified atom stereocenters. The maximum atomic E-state index is 5.71. The van der Waals surface area contributed by atoms with E-state index in [2.05, 4.69) is 38.2 Å². The second-order valence-corrected chi connectivity index (χ2v) is 5.44. The van der Waals surface area contributed by atoms with Gasteiger partial charge in [0, 0.05) is 6.04 Å². The standard InChI is InChI=1S/C17H29NO2/c1-7-19-15-10-9-14(11-16(15)20-8-2)17(18-6)13(5)12(3)4/h9-13,17-18H,7-8H2,1-6H3. The summed E-state index contributed by atoms with van der Waals surface area (Å²) in [6.45, 7) is 12.1. The van der Waals surface area contributed by atoms with Crippen LogP contribution in [0.4, 0.5) is 0 Å². The number of benzene rings is 1. The normalized spacial score (nSPS) is 14.2. The third-order valence-electron chi connectivity index (χ3n) is 3.81. The molecule has 0 fully saturated rings. The van der Waals surface area contributed by atoms with Crippen LogP contribution in [0.2, 0.25) is 0 Å². The maximum absolute atomic E-state index is 5.71. The molecule has 0 spiro atoms. The molecule has 0 bridgehead atoms. The van der Waals surface area contributed by atoms with Crippen LogP contribution in [-0.4, -0.2) is 20.3 Å². The average molecular weight is 279 g/mol. The number of hydrogen-bond donors (Lipinski definition) is 1. The maximum Gasteiger partial charge on any atom is 0.161 e. The van der Waals surface area contributed by atoms with Crippen LogP contribution < -0.4 is 14.8 Å². The zero-order chi connectivity index (χ0) is 15.1. The molecule has 3 heteroatoms. The highest BCUT2D eigenvalue weighted by Crippen LogP contribution is 2.34. The molecule has 20 heavy (non-hydrogen) atoms. The van der Waals surface area contributed by atoms with E-state index < -0.39 is 0 Å². The van der Waals surface area contributed by atoms with Crippen LogP contribution in [0.3, 0.4) is 0 Å². The lowest BCUT2D eigenvalue weighted by molar-refractivity contribution is 0.284. The Bertz CT molecular complexity index is 404. The summed E-state index contributed by atoms with van der Waals surface area (Å²) in [6, 6.07) is 6.58. The van der Waals surface area contributed by atoms with Gasteiger partial charge in [0.25, 0.3) is 0 Å². The van der Waals surface area contributed by atoms with E-state index in [1.807, 2.05) is 27.0 Å². The largest absolute Gasteiger partial charge is 0.490 e. The second-order valence-electron chi connectivity index (χ2n) is 5.44. The molecule has 0 radical (unpaired) electrons. The van der Waals surface area contributed by atoms with Crippen LogP contribution in [0.25, 0.3) is 0 Å².